The van der Waals surface area contributed by atoms with Gasteiger partial charge in [0.25, 0.3) is 0 Å². The number of aliphatic imine (C=N–C) groups is 1. The minimum atomic E-state index is -1.25. The van der Waals surface area contributed by atoms with E-state index in [1.807, 2.05) is 24.3 Å². The number of nitrogens with two attached hydrogens (primary N) is 4. The number of nitrogens with one attached hydrogen (secondary N) is 3. The van der Waals surface area contributed by atoms with Crippen LogP contribution in [0.1, 0.15) is 31.2 Å². The van der Waals surface area contributed by atoms with Crippen LogP contribution in [0.3, 0.4) is 0 Å². The molecule has 3 atom stereocenters. The highest BCUT2D eigenvalue weighted by atomic mass is 16.4. The largest absolute Gasteiger partial charge is 0.480 e. The normalized spacial score (nSPS) is 13.4. The number of carboxylic acids is 1. The van der Waals surface area contributed by atoms with Crippen LogP contribution in [-0.4, -0.2) is 64.4 Å². The van der Waals surface area contributed by atoms with Crippen LogP contribution in [0.2, 0.25) is 0 Å². The van der Waals surface area contributed by atoms with Gasteiger partial charge in [-0.05, 0) is 30.9 Å². The average molecular weight is 489 g/mol. The number of fused-ring (bicyclic) bond motifs is 1. The molecular weight excluding hydrogens is 456 g/mol. The van der Waals surface area contributed by atoms with Crippen molar-refractivity contribution < 1.29 is 24.3 Å². The number of carboxylic acid groups (broad SMARTS) is 1. The molecule has 2 aromatic rings. The lowest BCUT2D eigenvalue weighted by molar-refractivity contribution is -0.142. The second-order valence-electron chi connectivity index (χ2n) is 8.08. The van der Waals surface area contributed by atoms with E-state index in [1.54, 1.807) is 6.20 Å². The number of aromatic nitrogens is 1. The molecule has 2 rings (SSSR count). The van der Waals surface area contributed by atoms with Crippen LogP contribution in [0, 0.1) is 0 Å². The molecule has 35 heavy (non-hydrogen) atoms. The SMILES string of the molecule is NC(=O)CC[C@H](N)C(=O)N[C@@H](CCCN=C(N)N)C(=O)N[C@@H](Cc1c[nH]c2ccccc12)C(=O)O. The van der Waals surface area contributed by atoms with Crippen molar-refractivity contribution in [2.75, 3.05) is 6.54 Å². The van der Waals surface area contributed by atoms with E-state index in [9.17, 15) is 24.3 Å². The summed E-state index contributed by atoms with van der Waals surface area (Å²) in [6.07, 6.45) is 2.07. The summed E-state index contributed by atoms with van der Waals surface area (Å²) < 4.78 is 0. The van der Waals surface area contributed by atoms with Gasteiger partial charge in [0, 0.05) is 36.5 Å². The van der Waals surface area contributed by atoms with Gasteiger partial charge in [0.2, 0.25) is 17.7 Å². The van der Waals surface area contributed by atoms with E-state index in [1.165, 1.54) is 0 Å². The molecule has 1 heterocycles. The molecule has 0 radical (unpaired) electrons. The molecule has 12 N–H and O–H groups in total. The van der Waals surface area contributed by atoms with Crippen LogP contribution < -0.4 is 33.6 Å². The van der Waals surface area contributed by atoms with Crippen molar-refractivity contribution >= 4 is 40.6 Å². The number of aromatic amines is 1. The van der Waals surface area contributed by atoms with Crippen LogP contribution in [0.4, 0.5) is 0 Å². The van der Waals surface area contributed by atoms with Gasteiger partial charge < -0.3 is 43.7 Å². The fourth-order valence-electron chi connectivity index (χ4n) is 3.47. The highest BCUT2D eigenvalue weighted by molar-refractivity contribution is 5.92. The number of hydrogen-bond acceptors (Lipinski definition) is 6. The second-order valence-corrected chi connectivity index (χ2v) is 8.08. The van der Waals surface area contributed by atoms with Gasteiger partial charge in [0.15, 0.2) is 5.96 Å². The number of guanidine groups is 1. The number of rotatable bonds is 14. The number of amides is 3. The van der Waals surface area contributed by atoms with Crippen LogP contribution in [-0.2, 0) is 25.6 Å². The number of primary amides is 1. The minimum Gasteiger partial charge on any atom is -0.480 e. The van der Waals surface area contributed by atoms with Crippen LogP contribution >= 0.6 is 0 Å². The maximum atomic E-state index is 13.0. The third-order valence-electron chi connectivity index (χ3n) is 5.33. The number of para-hydroxylation sites is 1. The first-order chi connectivity index (χ1) is 16.6. The lowest BCUT2D eigenvalue weighted by Gasteiger charge is -2.23. The van der Waals surface area contributed by atoms with Gasteiger partial charge in [0.1, 0.15) is 12.1 Å². The lowest BCUT2D eigenvalue weighted by atomic mass is 10.0. The summed E-state index contributed by atoms with van der Waals surface area (Å²) in [5, 5.41) is 15.6. The molecule has 3 amide bonds. The highest BCUT2D eigenvalue weighted by Gasteiger charge is 2.28. The fourth-order valence-corrected chi connectivity index (χ4v) is 3.47. The van der Waals surface area contributed by atoms with Crippen molar-refractivity contribution in [2.24, 2.45) is 27.9 Å². The van der Waals surface area contributed by atoms with Gasteiger partial charge in [-0.2, -0.15) is 0 Å². The van der Waals surface area contributed by atoms with Crippen LogP contribution in [0.15, 0.2) is 35.5 Å². The van der Waals surface area contributed by atoms with Gasteiger partial charge in [-0.1, -0.05) is 18.2 Å². The first-order valence-electron chi connectivity index (χ1n) is 11.1. The predicted molar refractivity (Wildman–Crippen MR) is 130 cm³/mol. The summed E-state index contributed by atoms with van der Waals surface area (Å²) in [5.41, 5.74) is 23.1. The third kappa shape index (κ3) is 8.62. The number of benzene rings is 1. The summed E-state index contributed by atoms with van der Waals surface area (Å²) >= 11 is 0. The Hall–Kier alpha value is -4.13. The molecule has 0 unspecified atom stereocenters. The standard InChI is InChI=1S/C22H32N8O5/c23-14(7-8-18(24)31)19(32)29-16(6-3-9-27-22(25)26)20(33)30-17(21(34)35)10-12-11-28-15-5-2-1-4-13(12)15/h1-2,4-5,11,14,16-17,28H,3,6-10,23H2,(H2,24,31)(H,29,32)(H,30,33)(H,34,35)(H4,25,26,27)/t14-,16-,17-/m0/s1. The Labute approximate surface area is 201 Å². The first kappa shape index (κ1) is 27.1. The molecule has 190 valence electrons. The quantitative estimate of drug-likeness (QED) is 0.0872. The third-order valence-corrected chi connectivity index (χ3v) is 5.33. The van der Waals surface area contributed by atoms with E-state index in [-0.39, 0.29) is 38.2 Å². The fraction of sp³-hybridized carbons (Fsp3) is 0.409. The van der Waals surface area contributed by atoms with Crippen LogP contribution in [0.25, 0.3) is 10.9 Å². The smallest absolute Gasteiger partial charge is 0.326 e. The van der Waals surface area contributed by atoms with E-state index < -0.39 is 41.8 Å². The van der Waals surface area contributed by atoms with E-state index in [4.69, 9.17) is 22.9 Å². The number of carbonyl (C=O) groups excluding carboxylic acids is 3. The van der Waals surface area contributed by atoms with Gasteiger partial charge in [-0.25, -0.2) is 4.79 Å². The Bertz CT molecular complexity index is 1080. The average Bonchev–Trinajstić information content (AvgIpc) is 3.21. The number of nitrogens with zero attached hydrogens (tertiary/aromatic N) is 1. The molecule has 0 aliphatic heterocycles. The van der Waals surface area contributed by atoms with Crippen molar-refractivity contribution in [1.82, 2.24) is 15.6 Å². The van der Waals surface area contributed by atoms with Crippen LogP contribution in [0.5, 0.6) is 0 Å². The molecular formula is C22H32N8O5. The van der Waals surface area contributed by atoms with Crippen molar-refractivity contribution in [3.8, 4) is 0 Å². The Morgan fingerprint density at radius 2 is 1.69 bits per heavy atom. The van der Waals surface area contributed by atoms with Crippen molar-refractivity contribution in [1.29, 1.82) is 0 Å². The Balaban J connectivity index is 2.12. The highest BCUT2D eigenvalue weighted by Crippen LogP contribution is 2.19. The summed E-state index contributed by atoms with van der Waals surface area (Å²) in [5.74, 6) is -3.32. The summed E-state index contributed by atoms with van der Waals surface area (Å²) in [7, 11) is 0. The monoisotopic (exact) mass is 488 g/mol. The van der Waals surface area contributed by atoms with Crippen molar-refractivity contribution in [2.45, 2.75) is 50.2 Å². The number of aliphatic carboxylic acids is 1. The molecule has 0 fully saturated rings. The summed E-state index contributed by atoms with van der Waals surface area (Å²) in [6, 6.07) is 3.97. The zero-order chi connectivity index (χ0) is 26.0. The molecule has 13 heteroatoms. The second kappa shape index (κ2) is 12.9. The maximum Gasteiger partial charge on any atom is 0.326 e. The summed E-state index contributed by atoms with van der Waals surface area (Å²) in [6.45, 7) is 0.202. The topological polar surface area (TPSA) is 245 Å². The van der Waals surface area contributed by atoms with Crippen molar-refractivity contribution in [3.05, 3.63) is 36.0 Å². The first-order valence-corrected chi connectivity index (χ1v) is 11.1. The number of hydrogen-bond donors (Lipinski definition) is 8. The molecule has 0 saturated heterocycles. The lowest BCUT2D eigenvalue weighted by Crippen LogP contribution is -2.55. The van der Waals surface area contributed by atoms with Gasteiger partial charge in [-0.3, -0.25) is 19.4 Å². The summed E-state index contributed by atoms with van der Waals surface area (Å²) in [4.78, 5) is 55.3. The van der Waals surface area contributed by atoms with Gasteiger partial charge in [-0.15, -0.1) is 0 Å². The molecule has 13 nitrogen and oxygen atoms in total. The maximum absolute atomic E-state index is 13.0. The molecule has 0 saturated carbocycles. The zero-order valence-electron chi connectivity index (χ0n) is 19.2. The minimum absolute atomic E-state index is 0.00181. The number of carbonyl (C=O) groups is 4. The van der Waals surface area contributed by atoms with E-state index in [0.717, 1.165) is 16.5 Å². The van der Waals surface area contributed by atoms with E-state index in [0.29, 0.717) is 6.42 Å². The Morgan fingerprint density at radius 1 is 1.00 bits per heavy atom. The Kier molecular flexibility index (Phi) is 10.0. The van der Waals surface area contributed by atoms with E-state index >= 15 is 0 Å². The van der Waals surface area contributed by atoms with Crippen molar-refractivity contribution in [3.63, 3.8) is 0 Å². The molecule has 0 aliphatic rings. The van der Waals surface area contributed by atoms with Gasteiger partial charge in [0.05, 0.1) is 6.04 Å². The van der Waals surface area contributed by atoms with E-state index in [2.05, 4.69) is 20.6 Å². The molecule has 0 bridgehead atoms. The molecule has 1 aromatic heterocycles. The molecule has 1 aromatic carbocycles. The van der Waals surface area contributed by atoms with Gasteiger partial charge >= 0.3 is 5.97 Å². The molecule has 0 spiro atoms. The predicted octanol–water partition coefficient (Wildman–Crippen LogP) is -1.59. The zero-order valence-corrected chi connectivity index (χ0v) is 19.2. The molecule has 0 aliphatic carbocycles. The Morgan fingerprint density at radius 3 is 2.34 bits per heavy atom. The number of H-pyrrole nitrogens is 1.